The third kappa shape index (κ3) is 5.14. The van der Waals surface area contributed by atoms with E-state index in [1.165, 1.54) is 6.07 Å². The van der Waals surface area contributed by atoms with E-state index in [1.54, 1.807) is 12.3 Å². The van der Waals surface area contributed by atoms with Crippen LogP contribution in [0.5, 0.6) is 0 Å². The summed E-state index contributed by atoms with van der Waals surface area (Å²) in [6.07, 6.45) is 10.4. The molecule has 3 rings (SSSR count). The Hall–Kier alpha value is -2.96. The minimum atomic E-state index is -0.396. The Morgan fingerprint density at radius 3 is 2.80 bits per heavy atom. The molecule has 0 bridgehead atoms. The molecule has 0 saturated heterocycles. The van der Waals surface area contributed by atoms with Gasteiger partial charge in [-0.25, -0.2) is 14.4 Å². The van der Waals surface area contributed by atoms with E-state index in [4.69, 9.17) is 6.42 Å². The average Bonchev–Trinajstić information content (AvgIpc) is 2.71. The van der Waals surface area contributed by atoms with Crippen molar-refractivity contribution < 1.29 is 9.50 Å². The molecule has 2 aromatic rings. The second kappa shape index (κ2) is 9.24. The fourth-order valence-electron chi connectivity index (χ4n) is 4.12. The largest absolute Gasteiger partial charge is 0.393 e. The monoisotopic (exact) mass is 406 g/mol. The molecule has 1 aliphatic carbocycles. The summed E-state index contributed by atoms with van der Waals surface area (Å²) >= 11 is 0. The van der Waals surface area contributed by atoms with E-state index in [2.05, 4.69) is 41.1 Å². The fraction of sp³-hybridized carbons (Fsp3) is 0.458. The number of benzene rings is 1. The van der Waals surface area contributed by atoms with E-state index in [-0.39, 0.29) is 17.1 Å². The van der Waals surface area contributed by atoms with Gasteiger partial charge >= 0.3 is 0 Å². The van der Waals surface area contributed by atoms with Crippen LogP contribution in [0, 0.1) is 40.8 Å². The number of anilines is 1. The lowest BCUT2D eigenvalue weighted by atomic mass is 9.69. The van der Waals surface area contributed by atoms with E-state index in [0.29, 0.717) is 36.8 Å². The van der Waals surface area contributed by atoms with Crippen LogP contribution in [-0.2, 0) is 12.8 Å². The quantitative estimate of drug-likeness (QED) is 0.712. The van der Waals surface area contributed by atoms with Crippen molar-refractivity contribution in [3.63, 3.8) is 0 Å². The predicted molar refractivity (Wildman–Crippen MR) is 114 cm³/mol. The van der Waals surface area contributed by atoms with E-state index >= 15 is 0 Å². The van der Waals surface area contributed by atoms with Gasteiger partial charge in [0.1, 0.15) is 11.9 Å². The lowest BCUT2D eigenvalue weighted by molar-refractivity contribution is -0.00748. The predicted octanol–water partition coefficient (Wildman–Crippen LogP) is 3.85. The molecule has 0 unspecified atom stereocenters. The molecule has 0 aliphatic heterocycles. The molecule has 1 aliphatic rings. The smallest absolute Gasteiger partial charge is 0.222 e. The van der Waals surface area contributed by atoms with Crippen LogP contribution in [0.1, 0.15) is 55.5 Å². The second-order valence-electron chi connectivity index (χ2n) is 8.66. The van der Waals surface area contributed by atoms with Crippen molar-refractivity contribution in [1.29, 1.82) is 5.26 Å². The van der Waals surface area contributed by atoms with Crippen molar-refractivity contribution in [3.8, 4) is 18.4 Å². The van der Waals surface area contributed by atoms with Gasteiger partial charge in [0.05, 0.1) is 29.1 Å². The summed E-state index contributed by atoms with van der Waals surface area (Å²) in [6.45, 7) is 4.70. The maximum absolute atomic E-state index is 13.8. The standard InChI is InChI=1S/C24H27FN4O/c1-4-18-7-5-16(11-20(18)25)9-10-27-23-28-15-19(14-26)21(29-23)12-17-6-8-22(30)24(2,3)13-17/h1,5,7,11,15,17,22,30H,6,8-10,12-13H2,2-3H3,(H,27,28,29)/t17-,22-/m0/s1. The molecule has 5 nitrogen and oxygen atoms in total. The Morgan fingerprint density at radius 1 is 1.33 bits per heavy atom. The molecule has 0 spiro atoms. The molecule has 0 radical (unpaired) electrons. The second-order valence-corrected chi connectivity index (χ2v) is 8.66. The van der Waals surface area contributed by atoms with Crippen molar-refractivity contribution >= 4 is 5.95 Å². The average molecular weight is 407 g/mol. The molecule has 2 N–H and O–H groups in total. The van der Waals surface area contributed by atoms with Gasteiger partial charge in [-0.15, -0.1) is 6.42 Å². The molecule has 1 aromatic heterocycles. The summed E-state index contributed by atoms with van der Waals surface area (Å²) < 4.78 is 13.8. The number of nitriles is 1. The molecule has 2 atom stereocenters. The van der Waals surface area contributed by atoms with Gasteiger partial charge in [0.2, 0.25) is 5.95 Å². The number of rotatable bonds is 6. The zero-order valence-electron chi connectivity index (χ0n) is 17.5. The summed E-state index contributed by atoms with van der Waals surface area (Å²) in [7, 11) is 0. The number of aliphatic hydroxyl groups is 1. The summed E-state index contributed by atoms with van der Waals surface area (Å²) in [6, 6.07) is 7.04. The number of nitrogens with zero attached hydrogens (tertiary/aromatic N) is 3. The maximum atomic E-state index is 13.8. The zero-order chi connectivity index (χ0) is 21.7. The fourth-order valence-corrected chi connectivity index (χ4v) is 4.12. The SMILES string of the molecule is C#Cc1ccc(CCNc2ncc(C#N)c(C[C@@H]3CC[C@H](O)C(C)(C)C3)n2)cc1F. The lowest BCUT2D eigenvalue weighted by Crippen LogP contribution is -2.37. The van der Waals surface area contributed by atoms with Crippen LogP contribution in [0.3, 0.4) is 0 Å². The number of aromatic nitrogens is 2. The highest BCUT2D eigenvalue weighted by molar-refractivity contribution is 5.38. The third-order valence-electron chi connectivity index (χ3n) is 5.92. The highest BCUT2D eigenvalue weighted by Gasteiger charge is 2.35. The lowest BCUT2D eigenvalue weighted by Gasteiger charge is -2.39. The number of nitrogens with one attached hydrogen (secondary N) is 1. The molecule has 6 heteroatoms. The Bertz CT molecular complexity index is 990. The first kappa shape index (κ1) is 21.7. The van der Waals surface area contributed by atoms with Crippen LogP contribution < -0.4 is 5.32 Å². The van der Waals surface area contributed by atoms with Crippen molar-refractivity contribution in [1.82, 2.24) is 9.97 Å². The van der Waals surface area contributed by atoms with Crippen molar-refractivity contribution in [3.05, 3.63) is 52.6 Å². The summed E-state index contributed by atoms with van der Waals surface area (Å²) in [5.74, 6) is 2.74. The Balaban J connectivity index is 1.64. The van der Waals surface area contributed by atoms with Crippen molar-refractivity contribution in [2.75, 3.05) is 11.9 Å². The highest BCUT2D eigenvalue weighted by atomic mass is 19.1. The Kier molecular flexibility index (Phi) is 6.70. The highest BCUT2D eigenvalue weighted by Crippen LogP contribution is 2.40. The first-order valence-electron chi connectivity index (χ1n) is 10.3. The first-order chi connectivity index (χ1) is 14.3. The first-order valence-corrected chi connectivity index (χ1v) is 10.3. The van der Waals surface area contributed by atoms with E-state index < -0.39 is 5.82 Å². The Labute approximate surface area is 177 Å². The van der Waals surface area contributed by atoms with Crippen LogP contribution >= 0.6 is 0 Å². The van der Waals surface area contributed by atoms with Crippen molar-refractivity contribution in [2.24, 2.45) is 11.3 Å². The molecule has 1 fully saturated rings. The molecule has 30 heavy (non-hydrogen) atoms. The molecular formula is C24H27FN4O. The van der Waals surface area contributed by atoms with E-state index in [9.17, 15) is 14.8 Å². The number of aliphatic hydroxyl groups excluding tert-OH is 1. The Morgan fingerprint density at radius 2 is 2.13 bits per heavy atom. The van der Waals surface area contributed by atoms with Gasteiger partial charge in [-0.3, -0.25) is 0 Å². The minimum absolute atomic E-state index is 0.131. The van der Waals surface area contributed by atoms with Crippen molar-refractivity contribution in [2.45, 2.75) is 52.1 Å². The molecule has 1 heterocycles. The van der Waals surface area contributed by atoms with E-state index in [1.807, 2.05) is 6.07 Å². The van der Waals surface area contributed by atoms with Gasteiger partial charge in [0, 0.05) is 6.54 Å². The minimum Gasteiger partial charge on any atom is -0.393 e. The van der Waals surface area contributed by atoms with Crippen LogP contribution in [0.4, 0.5) is 10.3 Å². The maximum Gasteiger partial charge on any atom is 0.222 e. The molecular weight excluding hydrogens is 379 g/mol. The number of hydrogen-bond acceptors (Lipinski definition) is 5. The molecule has 156 valence electrons. The number of terminal acetylenes is 1. The van der Waals surface area contributed by atoms with Gasteiger partial charge in [-0.2, -0.15) is 5.26 Å². The van der Waals surface area contributed by atoms with Gasteiger partial charge < -0.3 is 10.4 Å². The van der Waals surface area contributed by atoms with Gasteiger partial charge in [-0.1, -0.05) is 25.8 Å². The molecule has 1 aromatic carbocycles. The normalized spacial score (nSPS) is 20.2. The summed E-state index contributed by atoms with van der Waals surface area (Å²) in [5, 5.41) is 22.8. The number of halogens is 1. The van der Waals surface area contributed by atoms with Gasteiger partial charge in [0.25, 0.3) is 0 Å². The summed E-state index contributed by atoms with van der Waals surface area (Å²) in [5.41, 5.74) is 2.17. The van der Waals surface area contributed by atoms with E-state index in [0.717, 1.165) is 30.5 Å². The van der Waals surface area contributed by atoms with Gasteiger partial charge in [0.15, 0.2) is 0 Å². The molecule has 0 amide bonds. The molecule has 1 saturated carbocycles. The number of hydrogen-bond donors (Lipinski definition) is 2. The van der Waals surface area contributed by atoms with Crippen LogP contribution in [0.2, 0.25) is 0 Å². The van der Waals surface area contributed by atoms with Crippen LogP contribution in [0.15, 0.2) is 24.4 Å². The zero-order valence-corrected chi connectivity index (χ0v) is 17.5. The van der Waals surface area contributed by atoms with Crippen LogP contribution in [0.25, 0.3) is 0 Å². The topological polar surface area (TPSA) is 81.8 Å². The third-order valence-corrected chi connectivity index (χ3v) is 5.92. The van der Waals surface area contributed by atoms with Crippen LogP contribution in [-0.4, -0.2) is 27.7 Å². The van der Waals surface area contributed by atoms with Gasteiger partial charge in [-0.05, 0) is 61.1 Å². The summed E-state index contributed by atoms with van der Waals surface area (Å²) in [4.78, 5) is 8.81.